The van der Waals surface area contributed by atoms with Gasteiger partial charge in [-0.1, -0.05) is 13.8 Å². The van der Waals surface area contributed by atoms with Crippen LogP contribution in [0.4, 0.5) is 0 Å². The molecular weight excluding hydrogens is 204 g/mol. The van der Waals surface area contributed by atoms with Crippen LogP contribution in [0.3, 0.4) is 0 Å². The zero-order valence-electron chi connectivity index (χ0n) is 10.6. The van der Waals surface area contributed by atoms with Gasteiger partial charge in [0.15, 0.2) is 0 Å². The first-order valence-corrected chi connectivity index (χ1v) is 5.46. The number of nitriles is 1. The quantitative estimate of drug-likeness (QED) is 0.664. The number of nitrogens with one attached hydrogen (secondary N) is 1. The molecule has 3 N–H and O–H groups in total. The second-order valence-electron chi connectivity index (χ2n) is 4.54. The molecule has 0 saturated carbocycles. The Morgan fingerprint density at radius 1 is 1.62 bits per heavy atom. The fourth-order valence-corrected chi connectivity index (χ4v) is 1.18. The van der Waals surface area contributed by atoms with Gasteiger partial charge < -0.3 is 11.1 Å². The third-order valence-electron chi connectivity index (χ3n) is 2.71. The Labute approximate surface area is 97.6 Å². The number of carbonyl (C=O) groups excluding carboxylic acids is 1. The standard InChI is InChI=1S/C11H22N4O/c1-9(2)11(3,8-13)14-10(16)7-15(4)6-5-12/h9H,5-7,12H2,1-4H3,(H,14,16). The van der Waals surface area contributed by atoms with Gasteiger partial charge in [0.2, 0.25) is 5.91 Å². The average molecular weight is 226 g/mol. The second-order valence-corrected chi connectivity index (χ2v) is 4.54. The van der Waals surface area contributed by atoms with Gasteiger partial charge in [-0.05, 0) is 19.9 Å². The van der Waals surface area contributed by atoms with Crippen LogP contribution in [0.15, 0.2) is 0 Å². The fraction of sp³-hybridized carbons (Fsp3) is 0.818. The lowest BCUT2D eigenvalue weighted by atomic mass is 9.90. The molecule has 5 nitrogen and oxygen atoms in total. The Kier molecular flexibility index (Phi) is 6.01. The van der Waals surface area contributed by atoms with Crippen molar-refractivity contribution in [2.24, 2.45) is 11.7 Å². The number of nitrogens with two attached hydrogens (primary N) is 1. The van der Waals surface area contributed by atoms with E-state index in [2.05, 4.69) is 11.4 Å². The summed E-state index contributed by atoms with van der Waals surface area (Å²) < 4.78 is 0. The highest BCUT2D eigenvalue weighted by Gasteiger charge is 2.29. The van der Waals surface area contributed by atoms with Crippen LogP contribution in [-0.2, 0) is 4.79 Å². The first-order chi connectivity index (χ1) is 7.35. The summed E-state index contributed by atoms with van der Waals surface area (Å²) in [6.07, 6.45) is 0. The predicted molar refractivity (Wildman–Crippen MR) is 63.6 cm³/mol. The fourth-order valence-electron chi connectivity index (χ4n) is 1.18. The Bertz CT molecular complexity index is 272. The summed E-state index contributed by atoms with van der Waals surface area (Å²) in [7, 11) is 1.82. The van der Waals surface area contributed by atoms with E-state index in [0.717, 1.165) is 0 Å². The first kappa shape index (κ1) is 14.9. The molecule has 0 aromatic carbocycles. The summed E-state index contributed by atoms with van der Waals surface area (Å²) in [5.74, 6) is -0.0741. The maximum Gasteiger partial charge on any atom is 0.235 e. The highest BCUT2D eigenvalue weighted by Crippen LogP contribution is 2.14. The number of hydrogen-bond donors (Lipinski definition) is 2. The second kappa shape index (κ2) is 6.46. The Balaban J connectivity index is 4.29. The van der Waals surface area contributed by atoms with Gasteiger partial charge in [0, 0.05) is 13.1 Å². The largest absolute Gasteiger partial charge is 0.337 e. The molecule has 0 aliphatic heterocycles. The monoisotopic (exact) mass is 226 g/mol. The zero-order chi connectivity index (χ0) is 12.8. The lowest BCUT2D eigenvalue weighted by molar-refractivity contribution is -0.123. The number of rotatable bonds is 6. The molecule has 0 bridgehead atoms. The van der Waals surface area contributed by atoms with Gasteiger partial charge in [-0.2, -0.15) is 5.26 Å². The molecule has 0 fully saturated rings. The number of amides is 1. The van der Waals surface area contributed by atoms with Crippen molar-refractivity contribution < 1.29 is 4.79 Å². The van der Waals surface area contributed by atoms with Gasteiger partial charge in [-0.3, -0.25) is 9.69 Å². The van der Waals surface area contributed by atoms with Crippen molar-refractivity contribution in [2.45, 2.75) is 26.3 Å². The molecule has 1 atom stereocenters. The molecule has 0 aromatic heterocycles. The smallest absolute Gasteiger partial charge is 0.235 e. The van der Waals surface area contributed by atoms with Crippen molar-refractivity contribution in [1.82, 2.24) is 10.2 Å². The molecule has 0 saturated heterocycles. The molecule has 92 valence electrons. The van der Waals surface area contributed by atoms with E-state index in [1.807, 2.05) is 25.8 Å². The summed E-state index contributed by atoms with van der Waals surface area (Å²) in [5.41, 5.74) is 4.58. The molecule has 0 aliphatic rings. The van der Waals surface area contributed by atoms with Crippen molar-refractivity contribution >= 4 is 5.91 Å². The van der Waals surface area contributed by atoms with Crippen molar-refractivity contribution in [3.63, 3.8) is 0 Å². The Hall–Kier alpha value is -1.12. The first-order valence-electron chi connectivity index (χ1n) is 5.46. The highest BCUT2D eigenvalue weighted by atomic mass is 16.2. The topological polar surface area (TPSA) is 82.2 Å². The van der Waals surface area contributed by atoms with Crippen molar-refractivity contribution in [3.05, 3.63) is 0 Å². The van der Waals surface area contributed by atoms with Crippen molar-refractivity contribution in [1.29, 1.82) is 5.26 Å². The maximum atomic E-state index is 11.7. The van der Waals surface area contributed by atoms with Crippen molar-refractivity contribution in [2.75, 3.05) is 26.7 Å². The van der Waals surface area contributed by atoms with Crippen LogP contribution in [-0.4, -0.2) is 43.0 Å². The molecule has 5 heteroatoms. The third kappa shape index (κ3) is 4.60. The van der Waals surface area contributed by atoms with Gasteiger partial charge in [-0.15, -0.1) is 0 Å². The van der Waals surface area contributed by atoms with Crippen LogP contribution in [0, 0.1) is 17.2 Å². The van der Waals surface area contributed by atoms with Gasteiger partial charge in [-0.25, -0.2) is 0 Å². The van der Waals surface area contributed by atoms with Crippen LogP contribution in [0.2, 0.25) is 0 Å². The van der Waals surface area contributed by atoms with E-state index < -0.39 is 5.54 Å². The SMILES string of the molecule is CC(C)C(C)(C#N)NC(=O)CN(C)CCN. The molecular formula is C11H22N4O. The minimum Gasteiger partial charge on any atom is -0.337 e. The van der Waals surface area contributed by atoms with E-state index in [1.54, 1.807) is 6.92 Å². The van der Waals surface area contributed by atoms with Crippen LogP contribution >= 0.6 is 0 Å². The minimum atomic E-state index is -0.805. The Morgan fingerprint density at radius 2 is 2.19 bits per heavy atom. The molecule has 16 heavy (non-hydrogen) atoms. The van der Waals surface area contributed by atoms with E-state index in [4.69, 9.17) is 11.0 Å². The van der Waals surface area contributed by atoms with E-state index >= 15 is 0 Å². The number of nitrogens with zero attached hydrogens (tertiary/aromatic N) is 2. The maximum absolute atomic E-state index is 11.7. The van der Waals surface area contributed by atoms with Gasteiger partial charge >= 0.3 is 0 Å². The molecule has 1 amide bonds. The summed E-state index contributed by atoms with van der Waals surface area (Å²) in [4.78, 5) is 13.5. The minimum absolute atomic E-state index is 0.0706. The van der Waals surface area contributed by atoms with E-state index in [-0.39, 0.29) is 18.4 Å². The van der Waals surface area contributed by atoms with Gasteiger partial charge in [0.1, 0.15) is 5.54 Å². The van der Waals surface area contributed by atoms with E-state index in [9.17, 15) is 4.79 Å². The molecule has 0 heterocycles. The van der Waals surface area contributed by atoms with Gasteiger partial charge in [0.25, 0.3) is 0 Å². The Morgan fingerprint density at radius 3 is 2.56 bits per heavy atom. The number of carbonyl (C=O) groups is 1. The lowest BCUT2D eigenvalue weighted by Crippen LogP contribution is -2.51. The summed E-state index contributed by atoms with van der Waals surface area (Å²) in [6.45, 7) is 7.00. The summed E-state index contributed by atoms with van der Waals surface area (Å²) in [5, 5.41) is 11.8. The van der Waals surface area contributed by atoms with Crippen LogP contribution in [0.25, 0.3) is 0 Å². The predicted octanol–water partition coefficient (Wildman–Crippen LogP) is -0.0686. The number of likely N-dealkylation sites (N-methyl/N-ethyl adjacent to an activating group) is 1. The average Bonchev–Trinajstić information content (AvgIpc) is 2.17. The van der Waals surface area contributed by atoms with E-state index in [0.29, 0.717) is 13.1 Å². The molecule has 0 aliphatic carbocycles. The third-order valence-corrected chi connectivity index (χ3v) is 2.71. The van der Waals surface area contributed by atoms with Crippen LogP contribution in [0.1, 0.15) is 20.8 Å². The summed E-state index contributed by atoms with van der Waals surface area (Å²) in [6, 6.07) is 2.14. The lowest BCUT2D eigenvalue weighted by Gasteiger charge is -2.28. The molecule has 0 spiro atoms. The zero-order valence-corrected chi connectivity index (χ0v) is 10.6. The highest BCUT2D eigenvalue weighted by molar-refractivity contribution is 5.79. The van der Waals surface area contributed by atoms with Crippen LogP contribution < -0.4 is 11.1 Å². The normalized spacial score (nSPS) is 14.6. The molecule has 0 aromatic rings. The van der Waals surface area contributed by atoms with Crippen molar-refractivity contribution in [3.8, 4) is 6.07 Å². The van der Waals surface area contributed by atoms with Gasteiger partial charge in [0.05, 0.1) is 12.6 Å². The van der Waals surface area contributed by atoms with Crippen LogP contribution in [0.5, 0.6) is 0 Å². The number of hydrogen-bond acceptors (Lipinski definition) is 4. The van der Waals surface area contributed by atoms with E-state index in [1.165, 1.54) is 0 Å². The molecule has 0 radical (unpaired) electrons. The summed E-state index contributed by atoms with van der Waals surface area (Å²) >= 11 is 0. The molecule has 0 rings (SSSR count). The molecule has 1 unspecified atom stereocenters.